The fourth-order valence-electron chi connectivity index (χ4n) is 1.63. The van der Waals surface area contributed by atoms with Crippen LogP contribution in [0.15, 0.2) is 12.1 Å². The van der Waals surface area contributed by atoms with Crippen LogP contribution in [0.4, 0.5) is 0 Å². The average molecular weight is 207 g/mol. The van der Waals surface area contributed by atoms with Crippen LogP contribution in [0.2, 0.25) is 0 Å². The molecular weight excluding hydrogens is 186 g/mol. The maximum absolute atomic E-state index is 5.19. The Balaban J connectivity index is 3.08. The van der Waals surface area contributed by atoms with Gasteiger partial charge < -0.3 is 4.74 Å². The van der Waals surface area contributed by atoms with E-state index in [1.165, 1.54) is 5.56 Å². The van der Waals surface area contributed by atoms with E-state index < -0.39 is 0 Å². The predicted octanol–water partition coefficient (Wildman–Crippen LogP) is 3.47. The summed E-state index contributed by atoms with van der Waals surface area (Å²) in [6.45, 7) is 9.30. The molecule has 0 aromatic carbocycles. The molecule has 2 nitrogen and oxygen atoms in total. The maximum Gasteiger partial charge on any atom is 0.0887 e. The molecule has 0 saturated heterocycles. The summed E-state index contributed by atoms with van der Waals surface area (Å²) in [5, 5.41) is 0. The first kappa shape index (κ1) is 12.2. The van der Waals surface area contributed by atoms with E-state index >= 15 is 0 Å². The van der Waals surface area contributed by atoms with Gasteiger partial charge in [-0.25, -0.2) is 0 Å². The van der Waals surface area contributed by atoms with Crippen molar-refractivity contribution < 1.29 is 4.74 Å². The molecule has 15 heavy (non-hydrogen) atoms. The number of nitrogens with zero attached hydrogens (tertiary/aromatic N) is 1. The van der Waals surface area contributed by atoms with Gasteiger partial charge in [0.15, 0.2) is 0 Å². The monoisotopic (exact) mass is 207 g/mol. The van der Waals surface area contributed by atoms with Crippen LogP contribution < -0.4 is 0 Å². The van der Waals surface area contributed by atoms with Crippen molar-refractivity contribution >= 4 is 0 Å². The Morgan fingerprint density at radius 1 is 1.13 bits per heavy atom. The number of hydrogen-bond acceptors (Lipinski definition) is 2. The van der Waals surface area contributed by atoms with Gasteiger partial charge >= 0.3 is 0 Å². The molecule has 0 spiro atoms. The summed E-state index contributed by atoms with van der Waals surface area (Å²) >= 11 is 0. The van der Waals surface area contributed by atoms with Crippen LogP contribution in [0.25, 0.3) is 0 Å². The number of pyridine rings is 1. The number of hydrogen-bond donors (Lipinski definition) is 0. The summed E-state index contributed by atoms with van der Waals surface area (Å²) < 4.78 is 5.19. The fourth-order valence-corrected chi connectivity index (χ4v) is 1.63. The van der Waals surface area contributed by atoms with Crippen LogP contribution in [-0.4, -0.2) is 12.1 Å². The lowest BCUT2D eigenvalue weighted by Gasteiger charge is -2.14. The van der Waals surface area contributed by atoms with Crippen molar-refractivity contribution in [1.82, 2.24) is 4.98 Å². The van der Waals surface area contributed by atoms with Gasteiger partial charge in [0.1, 0.15) is 0 Å². The van der Waals surface area contributed by atoms with Gasteiger partial charge in [-0.2, -0.15) is 0 Å². The van der Waals surface area contributed by atoms with Gasteiger partial charge in [0, 0.05) is 12.8 Å². The van der Waals surface area contributed by atoms with E-state index in [-0.39, 0.29) is 0 Å². The highest BCUT2D eigenvalue weighted by Crippen LogP contribution is 2.21. The highest BCUT2D eigenvalue weighted by atomic mass is 16.5. The van der Waals surface area contributed by atoms with Crippen molar-refractivity contribution in [3.05, 3.63) is 29.1 Å². The Bertz CT molecular complexity index is 318. The van der Waals surface area contributed by atoms with E-state index in [2.05, 4.69) is 44.8 Å². The normalized spacial score (nSPS) is 11.4. The molecule has 0 fully saturated rings. The smallest absolute Gasteiger partial charge is 0.0887 e. The second-order valence-electron chi connectivity index (χ2n) is 4.51. The first-order chi connectivity index (χ1) is 7.06. The van der Waals surface area contributed by atoms with Gasteiger partial charge in [0.25, 0.3) is 0 Å². The third-order valence-corrected chi connectivity index (χ3v) is 2.53. The summed E-state index contributed by atoms with van der Waals surface area (Å²) in [7, 11) is 1.72. The van der Waals surface area contributed by atoms with Crippen LogP contribution in [-0.2, 0) is 11.3 Å². The molecule has 1 aromatic heterocycles. The number of rotatable bonds is 4. The van der Waals surface area contributed by atoms with Crippen LogP contribution in [0, 0.1) is 0 Å². The largest absolute Gasteiger partial charge is 0.378 e. The van der Waals surface area contributed by atoms with Gasteiger partial charge in [-0.3, -0.25) is 4.98 Å². The van der Waals surface area contributed by atoms with E-state index in [1.807, 2.05) is 0 Å². The van der Waals surface area contributed by atoms with Crippen molar-refractivity contribution in [3.8, 4) is 0 Å². The van der Waals surface area contributed by atoms with Crippen molar-refractivity contribution in [2.75, 3.05) is 7.11 Å². The van der Waals surface area contributed by atoms with Crippen LogP contribution >= 0.6 is 0 Å². The molecular formula is C13H21NO. The van der Waals surface area contributed by atoms with Gasteiger partial charge in [-0.1, -0.05) is 33.8 Å². The number of methoxy groups -OCH3 is 1. The Morgan fingerprint density at radius 2 is 1.80 bits per heavy atom. The molecule has 1 heterocycles. The summed E-state index contributed by atoms with van der Waals surface area (Å²) in [5.74, 6) is 0.977. The van der Waals surface area contributed by atoms with E-state index in [1.54, 1.807) is 7.11 Å². The molecule has 2 heteroatoms. The zero-order valence-corrected chi connectivity index (χ0v) is 10.4. The average Bonchev–Trinajstić information content (AvgIpc) is 2.17. The first-order valence-corrected chi connectivity index (χ1v) is 5.55. The second-order valence-corrected chi connectivity index (χ2v) is 4.51. The Kier molecular flexibility index (Phi) is 4.28. The number of ether oxygens (including phenoxy) is 1. The molecule has 0 aliphatic heterocycles. The van der Waals surface area contributed by atoms with Crippen LogP contribution in [0.1, 0.15) is 56.5 Å². The minimum absolute atomic E-state index is 0.474. The minimum atomic E-state index is 0.474. The lowest BCUT2D eigenvalue weighted by atomic mass is 9.99. The van der Waals surface area contributed by atoms with Crippen LogP contribution in [0.5, 0.6) is 0 Å². The van der Waals surface area contributed by atoms with Crippen molar-refractivity contribution in [2.45, 2.75) is 46.1 Å². The molecule has 0 atom stereocenters. The second kappa shape index (κ2) is 5.26. The summed E-state index contributed by atoms with van der Waals surface area (Å²) in [6, 6.07) is 4.31. The molecule has 1 aromatic rings. The lowest BCUT2D eigenvalue weighted by Crippen LogP contribution is -2.05. The summed E-state index contributed by atoms with van der Waals surface area (Å²) in [6.07, 6.45) is 0. The third-order valence-electron chi connectivity index (χ3n) is 2.53. The zero-order valence-electron chi connectivity index (χ0n) is 10.4. The van der Waals surface area contributed by atoms with E-state index in [9.17, 15) is 0 Å². The van der Waals surface area contributed by atoms with Gasteiger partial charge in [-0.05, 0) is 23.5 Å². The molecule has 84 valence electrons. The molecule has 0 aliphatic carbocycles. The van der Waals surface area contributed by atoms with E-state index in [4.69, 9.17) is 4.74 Å². The minimum Gasteiger partial charge on any atom is -0.378 e. The van der Waals surface area contributed by atoms with E-state index in [0.717, 1.165) is 11.4 Å². The fraction of sp³-hybridized carbons (Fsp3) is 0.615. The summed E-state index contributed by atoms with van der Waals surface area (Å²) in [5.41, 5.74) is 3.52. The highest BCUT2D eigenvalue weighted by molar-refractivity contribution is 5.26. The Labute approximate surface area is 92.7 Å². The van der Waals surface area contributed by atoms with Gasteiger partial charge in [0.05, 0.1) is 12.3 Å². The molecule has 0 N–H and O–H groups in total. The molecule has 0 amide bonds. The van der Waals surface area contributed by atoms with Gasteiger partial charge in [0.2, 0.25) is 0 Å². The molecule has 0 aliphatic rings. The molecule has 1 rings (SSSR count). The molecule has 0 bridgehead atoms. The van der Waals surface area contributed by atoms with Gasteiger partial charge in [-0.15, -0.1) is 0 Å². The molecule has 0 unspecified atom stereocenters. The third kappa shape index (κ3) is 3.03. The van der Waals surface area contributed by atoms with Crippen molar-refractivity contribution in [2.24, 2.45) is 0 Å². The van der Waals surface area contributed by atoms with Crippen LogP contribution in [0.3, 0.4) is 0 Å². The number of aromatic nitrogens is 1. The summed E-state index contributed by atoms with van der Waals surface area (Å²) in [4.78, 5) is 4.66. The van der Waals surface area contributed by atoms with Crippen molar-refractivity contribution in [3.63, 3.8) is 0 Å². The standard InChI is InChI=1S/C13H21NO/c1-9(2)11-6-7-12(10(3)4)14-13(11)8-15-5/h6-7,9-10H,8H2,1-5H3. The first-order valence-electron chi connectivity index (χ1n) is 5.55. The topological polar surface area (TPSA) is 22.1 Å². The van der Waals surface area contributed by atoms with E-state index in [0.29, 0.717) is 18.4 Å². The quantitative estimate of drug-likeness (QED) is 0.754. The Hall–Kier alpha value is -0.890. The SMILES string of the molecule is COCc1nc(C(C)C)ccc1C(C)C. The van der Waals surface area contributed by atoms with Crippen molar-refractivity contribution in [1.29, 1.82) is 0 Å². The predicted molar refractivity (Wildman–Crippen MR) is 63.1 cm³/mol. The molecule has 0 radical (unpaired) electrons. The highest BCUT2D eigenvalue weighted by Gasteiger charge is 2.10. The zero-order chi connectivity index (χ0) is 11.4. The Morgan fingerprint density at radius 3 is 2.27 bits per heavy atom. The lowest BCUT2D eigenvalue weighted by molar-refractivity contribution is 0.180. The molecule has 0 saturated carbocycles. The maximum atomic E-state index is 5.19.